The molecule has 0 spiro atoms. The molecule has 0 aliphatic carbocycles. The molecule has 1 N–H and O–H groups in total. The molecule has 6 heteroatoms. The molecule has 0 aromatic carbocycles. The van der Waals surface area contributed by atoms with Crippen molar-refractivity contribution in [1.82, 2.24) is 14.8 Å². The lowest BCUT2D eigenvalue weighted by Gasteiger charge is -2.35. The van der Waals surface area contributed by atoms with Gasteiger partial charge in [0.2, 0.25) is 0 Å². The zero-order valence-corrected chi connectivity index (χ0v) is 13.8. The van der Waals surface area contributed by atoms with Crippen molar-refractivity contribution in [1.29, 1.82) is 0 Å². The van der Waals surface area contributed by atoms with Crippen LogP contribution < -0.4 is 5.32 Å². The number of hydrogen-bond acceptors (Lipinski definition) is 4. The van der Waals surface area contributed by atoms with E-state index >= 15 is 0 Å². The topological polar surface area (TPSA) is 48.5 Å². The van der Waals surface area contributed by atoms with E-state index in [-0.39, 0.29) is 5.91 Å². The molecule has 1 aliphatic rings. The van der Waals surface area contributed by atoms with Crippen LogP contribution in [0.1, 0.15) is 23.2 Å². The van der Waals surface area contributed by atoms with Crippen molar-refractivity contribution in [3.63, 3.8) is 0 Å². The lowest BCUT2D eigenvalue weighted by Crippen LogP contribution is -2.44. The van der Waals surface area contributed by atoms with E-state index in [1.807, 2.05) is 18.0 Å². The van der Waals surface area contributed by atoms with Crippen molar-refractivity contribution in [3.05, 3.63) is 22.3 Å². The van der Waals surface area contributed by atoms with Crippen LogP contribution in [0.5, 0.6) is 0 Å². The van der Waals surface area contributed by atoms with Gasteiger partial charge in [-0.1, -0.05) is 0 Å². The van der Waals surface area contributed by atoms with Crippen LogP contribution in [0, 0.1) is 0 Å². The molecule has 5 nitrogen and oxygen atoms in total. The van der Waals surface area contributed by atoms with E-state index in [4.69, 9.17) is 0 Å². The summed E-state index contributed by atoms with van der Waals surface area (Å²) < 4.78 is 0.816. The maximum atomic E-state index is 12.7. The fraction of sp³-hybridized carbons (Fsp3) is 0.571. The van der Waals surface area contributed by atoms with E-state index in [9.17, 15) is 4.79 Å². The maximum Gasteiger partial charge on any atom is 0.257 e. The van der Waals surface area contributed by atoms with E-state index in [1.54, 1.807) is 13.2 Å². The first-order valence-corrected chi connectivity index (χ1v) is 7.61. The average molecular weight is 341 g/mol. The smallest absolute Gasteiger partial charge is 0.257 e. The van der Waals surface area contributed by atoms with Crippen LogP contribution in [-0.2, 0) is 0 Å². The third-order valence-corrected chi connectivity index (χ3v) is 4.31. The minimum Gasteiger partial charge on any atom is -0.372 e. The highest BCUT2D eigenvalue weighted by molar-refractivity contribution is 9.10. The third kappa shape index (κ3) is 3.30. The number of likely N-dealkylation sites (tertiary alicyclic amines) is 1. The summed E-state index contributed by atoms with van der Waals surface area (Å²) in [5.41, 5.74) is 0.614. The van der Waals surface area contributed by atoms with Crippen LogP contribution in [0.25, 0.3) is 0 Å². The Morgan fingerprint density at radius 1 is 1.50 bits per heavy atom. The van der Waals surface area contributed by atoms with Crippen LogP contribution in [0.4, 0.5) is 5.82 Å². The molecule has 1 amide bonds. The molecule has 1 saturated heterocycles. The number of nitrogens with one attached hydrogen (secondary N) is 1. The van der Waals surface area contributed by atoms with Gasteiger partial charge in [0, 0.05) is 30.8 Å². The van der Waals surface area contributed by atoms with Gasteiger partial charge in [0.1, 0.15) is 5.82 Å². The molecule has 110 valence electrons. The van der Waals surface area contributed by atoms with Gasteiger partial charge in [-0.2, -0.15) is 0 Å². The van der Waals surface area contributed by atoms with Gasteiger partial charge in [-0.05, 0) is 55.0 Å². The van der Waals surface area contributed by atoms with Gasteiger partial charge in [0.25, 0.3) is 5.91 Å². The molecule has 0 saturated carbocycles. The normalized spacial score (nSPS) is 17.0. The Hall–Kier alpha value is -1.14. The van der Waals surface area contributed by atoms with E-state index < -0.39 is 0 Å². The minimum absolute atomic E-state index is 0.0257. The predicted octanol–water partition coefficient (Wildman–Crippen LogP) is 2.05. The van der Waals surface area contributed by atoms with Gasteiger partial charge in [0.05, 0.1) is 5.56 Å². The quantitative estimate of drug-likeness (QED) is 0.914. The standard InChI is InChI=1S/C14H21BrN4O/c1-16-13-12(8-10(15)9-17-13)14(20)19(3)11-4-6-18(2)7-5-11/h8-9,11H,4-7H2,1-3H3,(H,16,17). The molecule has 2 rings (SSSR count). The Morgan fingerprint density at radius 3 is 2.75 bits per heavy atom. The molecular weight excluding hydrogens is 320 g/mol. The molecule has 0 unspecified atom stereocenters. The number of halogens is 1. The van der Waals surface area contributed by atoms with E-state index in [0.29, 0.717) is 17.4 Å². The Labute approximate surface area is 128 Å². The first-order valence-electron chi connectivity index (χ1n) is 6.82. The Balaban J connectivity index is 2.16. The molecule has 0 atom stereocenters. The zero-order valence-electron chi connectivity index (χ0n) is 12.2. The van der Waals surface area contributed by atoms with Gasteiger partial charge >= 0.3 is 0 Å². The molecule has 2 heterocycles. The summed E-state index contributed by atoms with van der Waals surface area (Å²) in [6, 6.07) is 2.13. The number of carbonyl (C=O) groups excluding carboxylic acids is 1. The lowest BCUT2D eigenvalue weighted by molar-refractivity contribution is 0.0660. The van der Waals surface area contributed by atoms with Crippen molar-refractivity contribution in [2.45, 2.75) is 18.9 Å². The first kappa shape index (κ1) is 15.3. The minimum atomic E-state index is 0.0257. The summed E-state index contributed by atoms with van der Waals surface area (Å²) >= 11 is 3.38. The van der Waals surface area contributed by atoms with E-state index in [2.05, 4.69) is 38.2 Å². The molecule has 1 fully saturated rings. The van der Waals surface area contributed by atoms with Gasteiger partial charge < -0.3 is 15.1 Å². The van der Waals surface area contributed by atoms with Crippen molar-refractivity contribution in [2.24, 2.45) is 0 Å². The fourth-order valence-electron chi connectivity index (χ4n) is 2.54. The molecule has 1 aliphatic heterocycles. The zero-order chi connectivity index (χ0) is 14.7. The second-order valence-corrected chi connectivity index (χ2v) is 6.17. The number of aromatic nitrogens is 1. The number of anilines is 1. The summed E-state index contributed by atoms with van der Waals surface area (Å²) in [7, 11) is 5.79. The molecule has 0 bridgehead atoms. The Bertz CT molecular complexity index is 486. The van der Waals surface area contributed by atoms with Crippen molar-refractivity contribution < 1.29 is 4.79 Å². The highest BCUT2D eigenvalue weighted by atomic mass is 79.9. The van der Waals surface area contributed by atoms with Gasteiger partial charge in [0.15, 0.2) is 0 Å². The third-order valence-electron chi connectivity index (χ3n) is 3.88. The van der Waals surface area contributed by atoms with Crippen LogP contribution in [-0.4, -0.2) is 61.0 Å². The Morgan fingerprint density at radius 2 is 2.15 bits per heavy atom. The average Bonchev–Trinajstić information content (AvgIpc) is 2.46. The highest BCUT2D eigenvalue weighted by Crippen LogP contribution is 2.22. The molecular formula is C14H21BrN4O. The Kier molecular flexibility index (Phi) is 4.99. The van der Waals surface area contributed by atoms with Gasteiger partial charge in [-0.25, -0.2) is 4.98 Å². The monoisotopic (exact) mass is 340 g/mol. The highest BCUT2D eigenvalue weighted by Gasteiger charge is 2.26. The van der Waals surface area contributed by atoms with Crippen molar-refractivity contribution >= 4 is 27.7 Å². The van der Waals surface area contributed by atoms with Crippen molar-refractivity contribution in [2.75, 3.05) is 39.5 Å². The summed E-state index contributed by atoms with van der Waals surface area (Å²) in [5.74, 6) is 0.649. The SMILES string of the molecule is CNc1ncc(Br)cc1C(=O)N(C)C1CCN(C)CC1. The molecule has 0 radical (unpaired) electrons. The van der Waals surface area contributed by atoms with Crippen LogP contribution in [0.2, 0.25) is 0 Å². The van der Waals surface area contributed by atoms with Crippen LogP contribution in [0.3, 0.4) is 0 Å². The number of hydrogen-bond donors (Lipinski definition) is 1. The summed E-state index contributed by atoms with van der Waals surface area (Å²) in [6.07, 6.45) is 3.74. The largest absolute Gasteiger partial charge is 0.372 e. The first-order chi connectivity index (χ1) is 9.52. The number of piperidine rings is 1. The summed E-state index contributed by atoms with van der Waals surface area (Å²) in [4.78, 5) is 21.1. The lowest BCUT2D eigenvalue weighted by atomic mass is 10.0. The fourth-order valence-corrected chi connectivity index (χ4v) is 2.87. The molecule has 1 aromatic heterocycles. The molecule has 1 aromatic rings. The maximum absolute atomic E-state index is 12.7. The number of rotatable bonds is 3. The predicted molar refractivity (Wildman–Crippen MR) is 84.1 cm³/mol. The second kappa shape index (κ2) is 6.54. The summed E-state index contributed by atoms with van der Waals surface area (Å²) in [6.45, 7) is 2.08. The second-order valence-electron chi connectivity index (χ2n) is 5.25. The number of nitrogens with zero attached hydrogens (tertiary/aromatic N) is 3. The van der Waals surface area contributed by atoms with Gasteiger partial charge in [-0.15, -0.1) is 0 Å². The molecule has 20 heavy (non-hydrogen) atoms. The summed E-state index contributed by atoms with van der Waals surface area (Å²) in [5, 5.41) is 2.98. The number of pyridine rings is 1. The van der Waals surface area contributed by atoms with Crippen LogP contribution in [0.15, 0.2) is 16.7 Å². The van der Waals surface area contributed by atoms with E-state index in [1.165, 1.54) is 0 Å². The van der Waals surface area contributed by atoms with Crippen LogP contribution >= 0.6 is 15.9 Å². The number of carbonyl (C=O) groups is 1. The van der Waals surface area contributed by atoms with E-state index in [0.717, 1.165) is 30.4 Å². The van der Waals surface area contributed by atoms with Crippen molar-refractivity contribution in [3.8, 4) is 0 Å². The number of amides is 1. The van der Waals surface area contributed by atoms with Gasteiger partial charge in [-0.3, -0.25) is 4.79 Å².